The lowest BCUT2D eigenvalue weighted by Gasteiger charge is -2.19. The standard InChI is InChI=1S/C11H18N2O.C2H6/c1-8(2)13-10-7-9(5-6-12-10)11(3,4)14;1-2/h5-8,14H,1-4H3,(H,12,13);1-2H3. The Morgan fingerprint density at radius 1 is 1.31 bits per heavy atom. The summed E-state index contributed by atoms with van der Waals surface area (Å²) in [5, 5.41) is 13.0. The van der Waals surface area contributed by atoms with Gasteiger partial charge in [-0.2, -0.15) is 0 Å². The molecule has 1 aromatic rings. The zero-order chi connectivity index (χ0) is 12.8. The molecule has 0 unspecified atom stereocenters. The average molecular weight is 224 g/mol. The van der Waals surface area contributed by atoms with Crippen molar-refractivity contribution in [3.05, 3.63) is 23.9 Å². The fourth-order valence-corrected chi connectivity index (χ4v) is 1.19. The molecule has 92 valence electrons. The van der Waals surface area contributed by atoms with Crippen molar-refractivity contribution in [1.82, 2.24) is 4.98 Å². The van der Waals surface area contributed by atoms with Crippen LogP contribution in [0.2, 0.25) is 0 Å². The highest BCUT2D eigenvalue weighted by atomic mass is 16.3. The van der Waals surface area contributed by atoms with Crippen molar-refractivity contribution < 1.29 is 5.11 Å². The van der Waals surface area contributed by atoms with Crippen LogP contribution < -0.4 is 5.32 Å². The molecule has 0 aliphatic rings. The van der Waals surface area contributed by atoms with Gasteiger partial charge in [0.1, 0.15) is 5.82 Å². The van der Waals surface area contributed by atoms with Crippen LogP contribution in [0.5, 0.6) is 0 Å². The third-order valence-electron chi connectivity index (χ3n) is 1.90. The van der Waals surface area contributed by atoms with Gasteiger partial charge in [-0.05, 0) is 45.4 Å². The molecule has 1 rings (SSSR count). The summed E-state index contributed by atoms with van der Waals surface area (Å²) in [5.41, 5.74) is 0.0618. The average Bonchev–Trinajstić information content (AvgIpc) is 2.19. The summed E-state index contributed by atoms with van der Waals surface area (Å²) in [6.45, 7) is 11.6. The summed E-state index contributed by atoms with van der Waals surface area (Å²) in [6, 6.07) is 4.05. The van der Waals surface area contributed by atoms with Crippen molar-refractivity contribution in [2.45, 2.75) is 53.2 Å². The van der Waals surface area contributed by atoms with Crippen molar-refractivity contribution in [3.63, 3.8) is 0 Å². The van der Waals surface area contributed by atoms with Gasteiger partial charge in [-0.1, -0.05) is 13.8 Å². The molecule has 0 spiro atoms. The highest BCUT2D eigenvalue weighted by Gasteiger charge is 2.16. The lowest BCUT2D eigenvalue weighted by Crippen LogP contribution is -2.17. The number of nitrogens with one attached hydrogen (secondary N) is 1. The lowest BCUT2D eigenvalue weighted by atomic mass is 10.00. The summed E-state index contributed by atoms with van der Waals surface area (Å²) in [5.74, 6) is 0.805. The highest BCUT2D eigenvalue weighted by molar-refractivity contribution is 5.39. The molecule has 0 atom stereocenters. The van der Waals surface area contributed by atoms with E-state index in [4.69, 9.17) is 0 Å². The van der Waals surface area contributed by atoms with Crippen LogP contribution in [0, 0.1) is 0 Å². The van der Waals surface area contributed by atoms with Gasteiger partial charge < -0.3 is 10.4 Å². The van der Waals surface area contributed by atoms with Gasteiger partial charge in [0, 0.05) is 12.2 Å². The first kappa shape index (κ1) is 14.9. The Kier molecular flexibility index (Phi) is 6.04. The van der Waals surface area contributed by atoms with E-state index in [1.54, 1.807) is 20.0 Å². The third kappa shape index (κ3) is 5.12. The molecule has 0 saturated heterocycles. The Bertz CT molecular complexity index is 303. The Morgan fingerprint density at radius 3 is 2.31 bits per heavy atom. The fraction of sp³-hybridized carbons (Fsp3) is 0.615. The molecule has 3 heteroatoms. The molecule has 0 bridgehead atoms. The molecule has 0 saturated carbocycles. The largest absolute Gasteiger partial charge is 0.386 e. The zero-order valence-corrected chi connectivity index (χ0v) is 11.2. The predicted octanol–water partition coefficient (Wildman–Crippen LogP) is 3.16. The van der Waals surface area contributed by atoms with E-state index >= 15 is 0 Å². The molecule has 0 aliphatic heterocycles. The van der Waals surface area contributed by atoms with Gasteiger partial charge in [0.2, 0.25) is 0 Å². The topological polar surface area (TPSA) is 45.1 Å². The summed E-state index contributed by atoms with van der Waals surface area (Å²) >= 11 is 0. The molecule has 16 heavy (non-hydrogen) atoms. The second-order valence-corrected chi connectivity index (χ2v) is 4.29. The van der Waals surface area contributed by atoms with E-state index < -0.39 is 5.60 Å². The number of anilines is 1. The molecule has 2 N–H and O–H groups in total. The van der Waals surface area contributed by atoms with Gasteiger partial charge in [-0.15, -0.1) is 0 Å². The summed E-state index contributed by atoms with van der Waals surface area (Å²) < 4.78 is 0. The number of aromatic nitrogens is 1. The SMILES string of the molecule is CC.CC(C)Nc1cc(C(C)(C)O)ccn1. The normalized spacial score (nSPS) is 10.8. The van der Waals surface area contributed by atoms with Gasteiger partial charge in [0.25, 0.3) is 0 Å². The van der Waals surface area contributed by atoms with E-state index in [0.717, 1.165) is 11.4 Å². The van der Waals surface area contributed by atoms with Gasteiger partial charge in [-0.25, -0.2) is 4.98 Å². The van der Waals surface area contributed by atoms with Crippen molar-refractivity contribution in [2.24, 2.45) is 0 Å². The molecule has 1 aromatic heterocycles. The lowest BCUT2D eigenvalue weighted by molar-refractivity contribution is 0.0785. The first-order chi connectivity index (χ1) is 7.39. The van der Waals surface area contributed by atoms with E-state index in [1.807, 2.05) is 26.0 Å². The maximum absolute atomic E-state index is 9.79. The second kappa shape index (κ2) is 6.48. The van der Waals surface area contributed by atoms with Gasteiger partial charge >= 0.3 is 0 Å². The number of aliphatic hydroxyl groups is 1. The number of hydrogen-bond donors (Lipinski definition) is 2. The van der Waals surface area contributed by atoms with Gasteiger partial charge in [0.05, 0.1) is 5.60 Å². The quantitative estimate of drug-likeness (QED) is 0.829. The number of nitrogens with zero attached hydrogens (tertiary/aromatic N) is 1. The van der Waals surface area contributed by atoms with E-state index in [-0.39, 0.29) is 0 Å². The highest BCUT2D eigenvalue weighted by Crippen LogP contribution is 2.21. The zero-order valence-electron chi connectivity index (χ0n) is 11.2. The van der Waals surface area contributed by atoms with Crippen LogP contribution >= 0.6 is 0 Å². The van der Waals surface area contributed by atoms with Crippen LogP contribution in [0.4, 0.5) is 5.82 Å². The molecule has 0 fully saturated rings. The minimum atomic E-state index is -0.809. The van der Waals surface area contributed by atoms with Crippen LogP contribution in [0.1, 0.15) is 47.1 Å². The van der Waals surface area contributed by atoms with Crippen molar-refractivity contribution in [3.8, 4) is 0 Å². The van der Waals surface area contributed by atoms with Crippen LogP contribution in [-0.2, 0) is 5.60 Å². The van der Waals surface area contributed by atoms with Gasteiger partial charge in [0.15, 0.2) is 0 Å². The maximum atomic E-state index is 9.79. The maximum Gasteiger partial charge on any atom is 0.126 e. The fourth-order valence-electron chi connectivity index (χ4n) is 1.19. The molecule has 3 nitrogen and oxygen atoms in total. The third-order valence-corrected chi connectivity index (χ3v) is 1.90. The van der Waals surface area contributed by atoms with E-state index in [2.05, 4.69) is 24.1 Å². The molecule has 0 aromatic carbocycles. The smallest absolute Gasteiger partial charge is 0.126 e. The Hall–Kier alpha value is -1.09. The Balaban J connectivity index is 0.00000106. The molecule has 0 aliphatic carbocycles. The van der Waals surface area contributed by atoms with Crippen molar-refractivity contribution in [2.75, 3.05) is 5.32 Å². The molecular weight excluding hydrogens is 200 g/mol. The van der Waals surface area contributed by atoms with E-state index in [9.17, 15) is 5.11 Å². The van der Waals surface area contributed by atoms with Crippen molar-refractivity contribution in [1.29, 1.82) is 0 Å². The molecule has 1 heterocycles. The first-order valence-corrected chi connectivity index (χ1v) is 5.85. The van der Waals surface area contributed by atoms with Crippen molar-refractivity contribution >= 4 is 5.82 Å². The summed E-state index contributed by atoms with van der Waals surface area (Å²) in [4.78, 5) is 4.17. The first-order valence-electron chi connectivity index (χ1n) is 5.85. The van der Waals surface area contributed by atoms with Gasteiger partial charge in [-0.3, -0.25) is 0 Å². The number of hydrogen-bond acceptors (Lipinski definition) is 3. The number of rotatable bonds is 3. The minimum Gasteiger partial charge on any atom is -0.386 e. The second-order valence-electron chi connectivity index (χ2n) is 4.29. The summed E-state index contributed by atoms with van der Waals surface area (Å²) in [7, 11) is 0. The van der Waals surface area contributed by atoms with Crippen LogP contribution in [0.15, 0.2) is 18.3 Å². The van der Waals surface area contributed by atoms with Crippen LogP contribution in [-0.4, -0.2) is 16.1 Å². The number of pyridine rings is 1. The van der Waals surface area contributed by atoms with Crippen LogP contribution in [0.25, 0.3) is 0 Å². The minimum absolute atomic E-state index is 0.347. The molecular formula is C13H24N2O. The van der Waals surface area contributed by atoms with E-state index in [1.165, 1.54) is 0 Å². The Labute approximate surface area is 98.9 Å². The molecule has 0 amide bonds. The monoisotopic (exact) mass is 224 g/mol. The molecule has 0 radical (unpaired) electrons. The van der Waals surface area contributed by atoms with Crippen LogP contribution in [0.3, 0.4) is 0 Å². The summed E-state index contributed by atoms with van der Waals surface area (Å²) in [6.07, 6.45) is 1.71. The van der Waals surface area contributed by atoms with E-state index in [0.29, 0.717) is 6.04 Å². The Morgan fingerprint density at radius 2 is 1.88 bits per heavy atom. The predicted molar refractivity (Wildman–Crippen MR) is 69.6 cm³/mol.